The van der Waals surface area contributed by atoms with Crippen LogP contribution in [0.25, 0.3) is 0 Å². The van der Waals surface area contributed by atoms with Crippen molar-refractivity contribution in [3.05, 3.63) is 28.8 Å². The maximum Gasteiger partial charge on any atom is 0.260 e. The average Bonchev–Trinajstić information content (AvgIpc) is 3.14. The van der Waals surface area contributed by atoms with Gasteiger partial charge in [0, 0.05) is 31.7 Å². The molecule has 0 saturated heterocycles. The lowest BCUT2D eigenvalue weighted by Crippen LogP contribution is -2.34. The summed E-state index contributed by atoms with van der Waals surface area (Å²) in [7, 11) is 1.95. The number of nitrogens with zero attached hydrogens (tertiary/aromatic N) is 4. The molecule has 2 aliphatic rings. The van der Waals surface area contributed by atoms with Gasteiger partial charge in [-0.25, -0.2) is 4.98 Å². The van der Waals surface area contributed by atoms with Gasteiger partial charge in [-0.3, -0.25) is 9.79 Å². The van der Waals surface area contributed by atoms with Crippen molar-refractivity contribution >= 4 is 22.8 Å². The number of carbonyl (C=O) groups excluding carboxylic acids is 1. The van der Waals surface area contributed by atoms with Gasteiger partial charge in [-0.05, 0) is 24.6 Å². The number of hydrogen-bond acceptors (Lipinski definition) is 5. The molecule has 6 nitrogen and oxygen atoms in total. The van der Waals surface area contributed by atoms with E-state index in [0.717, 1.165) is 34.7 Å². The summed E-state index contributed by atoms with van der Waals surface area (Å²) < 4.78 is 1.95. The van der Waals surface area contributed by atoms with E-state index in [1.165, 1.54) is 11.8 Å². The van der Waals surface area contributed by atoms with E-state index >= 15 is 0 Å². The van der Waals surface area contributed by atoms with Gasteiger partial charge in [0.1, 0.15) is 5.82 Å². The summed E-state index contributed by atoms with van der Waals surface area (Å²) in [6.07, 6.45) is 3.66. The molecule has 3 heterocycles. The Hall–Kier alpha value is -1.76. The Morgan fingerprint density at radius 3 is 2.82 bits per heavy atom. The first-order valence-electron chi connectivity index (χ1n) is 7.48. The molecule has 118 valence electrons. The molecule has 0 radical (unpaired) electrons. The number of allylic oxidation sites excluding steroid dienone is 1. The molecule has 0 spiro atoms. The monoisotopic (exact) mass is 319 g/mol. The third-order valence-electron chi connectivity index (χ3n) is 4.02. The molecule has 1 aromatic heterocycles. The van der Waals surface area contributed by atoms with Crippen molar-refractivity contribution in [1.82, 2.24) is 19.8 Å². The van der Waals surface area contributed by atoms with E-state index in [-0.39, 0.29) is 17.9 Å². The molecule has 0 fully saturated rings. The number of aryl methyl sites for hydroxylation is 1. The Balaban J connectivity index is 1.80. The molecule has 1 N–H and O–H groups in total. The lowest BCUT2D eigenvalue weighted by atomic mass is 10.0. The minimum Gasteiger partial charge on any atom is -0.341 e. The van der Waals surface area contributed by atoms with Crippen molar-refractivity contribution in [3.8, 4) is 0 Å². The Kier molecular flexibility index (Phi) is 3.99. The van der Waals surface area contributed by atoms with Crippen LogP contribution in [0.1, 0.15) is 32.6 Å². The van der Waals surface area contributed by atoms with Gasteiger partial charge in [-0.1, -0.05) is 13.8 Å². The summed E-state index contributed by atoms with van der Waals surface area (Å²) in [5.41, 5.74) is 1.00. The first-order valence-corrected chi connectivity index (χ1v) is 8.29. The van der Waals surface area contributed by atoms with Crippen LogP contribution in [-0.4, -0.2) is 38.6 Å². The second kappa shape index (κ2) is 5.79. The van der Waals surface area contributed by atoms with Crippen LogP contribution >= 0.6 is 11.8 Å². The van der Waals surface area contributed by atoms with Crippen molar-refractivity contribution in [1.29, 1.82) is 0 Å². The van der Waals surface area contributed by atoms with E-state index in [4.69, 9.17) is 0 Å². The summed E-state index contributed by atoms with van der Waals surface area (Å²) in [5.74, 6) is 1.10. The molecular weight excluding hydrogens is 298 g/mol. The van der Waals surface area contributed by atoms with Crippen LogP contribution < -0.4 is 5.32 Å². The standard InChI is InChI=1S/C15H21N5OS/c1-9(2)11(13-16-5-7-19(13)4)18-14(21)12-10(3)20-8-6-17-15(20)22-12/h5,7,9,11H,6,8H2,1-4H3,(H,18,21)/t11-/m0/s1. The second-order valence-corrected chi connectivity index (χ2v) is 6.90. The maximum atomic E-state index is 12.7. The van der Waals surface area contributed by atoms with Crippen LogP contribution in [0.2, 0.25) is 0 Å². The van der Waals surface area contributed by atoms with Gasteiger partial charge >= 0.3 is 0 Å². The van der Waals surface area contributed by atoms with Crippen molar-refractivity contribution in [2.24, 2.45) is 18.0 Å². The molecule has 1 atom stereocenters. The number of aliphatic imine (C=N–C) groups is 1. The summed E-state index contributed by atoms with van der Waals surface area (Å²) in [6, 6.07) is -0.106. The van der Waals surface area contributed by atoms with Gasteiger partial charge < -0.3 is 14.8 Å². The molecule has 22 heavy (non-hydrogen) atoms. The van der Waals surface area contributed by atoms with Crippen LogP contribution in [0.4, 0.5) is 0 Å². The number of amides is 1. The first-order chi connectivity index (χ1) is 10.5. The van der Waals surface area contributed by atoms with Gasteiger partial charge in [0.15, 0.2) is 5.17 Å². The Labute approximate surface area is 134 Å². The number of aromatic nitrogens is 2. The Bertz CT molecular complexity index is 661. The minimum absolute atomic E-state index is 0.0405. The van der Waals surface area contributed by atoms with Crippen molar-refractivity contribution in [2.75, 3.05) is 13.1 Å². The van der Waals surface area contributed by atoms with Crippen molar-refractivity contribution in [2.45, 2.75) is 26.8 Å². The van der Waals surface area contributed by atoms with Gasteiger partial charge in [0.05, 0.1) is 17.5 Å². The summed E-state index contributed by atoms with van der Waals surface area (Å²) in [5, 5.41) is 4.08. The van der Waals surface area contributed by atoms with Crippen LogP contribution in [0.15, 0.2) is 28.0 Å². The number of rotatable bonds is 4. The van der Waals surface area contributed by atoms with E-state index < -0.39 is 0 Å². The lowest BCUT2D eigenvalue weighted by Gasteiger charge is -2.22. The number of nitrogens with one attached hydrogen (secondary N) is 1. The lowest BCUT2D eigenvalue weighted by molar-refractivity contribution is -0.118. The minimum atomic E-state index is -0.106. The molecule has 0 aromatic carbocycles. The Morgan fingerprint density at radius 2 is 2.23 bits per heavy atom. The van der Waals surface area contributed by atoms with E-state index in [1.807, 2.05) is 24.7 Å². The number of amidine groups is 1. The Morgan fingerprint density at radius 1 is 1.45 bits per heavy atom. The zero-order valence-corrected chi connectivity index (χ0v) is 14.1. The molecule has 1 aromatic rings. The van der Waals surface area contributed by atoms with E-state index in [2.05, 4.69) is 34.0 Å². The molecule has 1 amide bonds. The van der Waals surface area contributed by atoms with Gasteiger partial charge in [-0.15, -0.1) is 0 Å². The highest BCUT2D eigenvalue weighted by molar-refractivity contribution is 8.18. The third kappa shape index (κ3) is 2.54. The zero-order chi connectivity index (χ0) is 15.9. The van der Waals surface area contributed by atoms with E-state index in [1.54, 1.807) is 6.20 Å². The molecule has 3 rings (SSSR count). The highest BCUT2D eigenvalue weighted by Gasteiger charge is 2.34. The smallest absolute Gasteiger partial charge is 0.260 e. The fourth-order valence-electron chi connectivity index (χ4n) is 2.74. The highest BCUT2D eigenvalue weighted by atomic mass is 32.2. The average molecular weight is 319 g/mol. The zero-order valence-electron chi connectivity index (χ0n) is 13.3. The summed E-state index contributed by atoms with van der Waals surface area (Å²) in [6.45, 7) is 7.85. The SMILES string of the molecule is CC1=C(C(=O)N[C@H](c2nccn2C)C(C)C)SC2=NCCN21. The molecular formula is C15H21N5OS. The molecule has 0 saturated carbocycles. The van der Waals surface area contributed by atoms with Crippen molar-refractivity contribution < 1.29 is 4.79 Å². The van der Waals surface area contributed by atoms with E-state index in [0.29, 0.717) is 0 Å². The topological polar surface area (TPSA) is 62.5 Å². The highest BCUT2D eigenvalue weighted by Crippen LogP contribution is 2.36. The normalized spacial score (nSPS) is 18.8. The number of carbonyl (C=O) groups is 1. The molecule has 7 heteroatoms. The van der Waals surface area contributed by atoms with Gasteiger partial charge in [0.2, 0.25) is 0 Å². The quantitative estimate of drug-likeness (QED) is 0.920. The summed E-state index contributed by atoms with van der Waals surface area (Å²) in [4.78, 5) is 24.4. The largest absolute Gasteiger partial charge is 0.341 e. The second-order valence-electron chi connectivity index (χ2n) is 5.92. The first kappa shape index (κ1) is 15.1. The number of thioether (sulfide) groups is 1. The number of fused-ring (bicyclic) bond motifs is 1. The van der Waals surface area contributed by atoms with Crippen LogP contribution in [0.3, 0.4) is 0 Å². The van der Waals surface area contributed by atoms with E-state index in [9.17, 15) is 4.79 Å². The fourth-order valence-corrected chi connectivity index (χ4v) is 3.82. The van der Waals surface area contributed by atoms with Crippen LogP contribution in [0.5, 0.6) is 0 Å². The molecule has 0 bridgehead atoms. The number of hydrogen-bond donors (Lipinski definition) is 1. The fraction of sp³-hybridized carbons (Fsp3) is 0.533. The third-order valence-corrected chi connectivity index (χ3v) is 5.24. The predicted octanol–water partition coefficient (Wildman–Crippen LogP) is 1.88. The van der Waals surface area contributed by atoms with Crippen LogP contribution in [-0.2, 0) is 11.8 Å². The predicted molar refractivity (Wildman–Crippen MR) is 88.2 cm³/mol. The summed E-state index contributed by atoms with van der Waals surface area (Å²) >= 11 is 1.47. The van der Waals surface area contributed by atoms with Crippen LogP contribution in [0, 0.1) is 5.92 Å². The molecule has 0 unspecified atom stereocenters. The molecule has 2 aliphatic heterocycles. The molecule has 0 aliphatic carbocycles. The maximum absolute atomic E-state index is 12.7. The van der Waals surface area contributed by atoms with Gasteiger partial charge in [0.25, 0.3) is 5.91 Å². The van der Waals surface area contributed by atoms with Crippen molar-refractivity contribution in [3.63, 3.8) is 0 Å². The van der Waals surface area contributed by atoms with Gasteiger partial charge in [-0.2, -0.15) is 0 Å². The number of imidazole rings is 1.